The quantitative estimate of drug-likeness (QED) is 0.622. The smallest absolute Gasteiger partial charge is 0.225 e. The molecule has 0 radical (unpaired) electrons. The lowest BCUT2D eigenvalue weighted by Gasteiger charge is -2.08. The first-order valence-corrected chi connectivity index (χ1v) is 9.29. The summed E-state index contributed by atoms with van der Waals surface area (Å²) < 4.78 is 13.6. The van der Waals surface area contributed by atoms with Gasteiger partial charge >= 0.3 is 0 Å². The molecule has 1 amide bonds. The van der Waals surface area contributed by atoms with Crippen LogP contribution in [0.2, 0.25) is 0 Å². The topological polar surface area (TPSA) is 65.8 Å². The Morgan fingerprint density at radius 1 is 1.07 bits per heavy atom. The van der Waals surface area contributed by atoms with Crippen LogP contribution in [-0.2, 0) is 4.79 Å². The van der Waals surface area contributed by atoms with Gasteiger partial charge in [-0.2, -0.15) is 5.26 Å². The van der Waals surface area contributed by atoms with Gasteiger partial charge in [0.2, 0.25) is 5.91 Å². The van der Waals surface area contributed by atoms with Crippen LogP contribution < -0.4 is 5.32 Å². The van der Waals surface area contributed by atoms with Gasteiger partial charge in [0.05, 0.1) is 16.9 Å². The van der Waals surface area contributed by atoms with Crippen LogP contribution in [0.1, 0.15) is 12.0 Å². The van der Waals surface area contributed by atoms with Crippen LogP contribution in [0.15, 0.2) is 71.8 Å². The zero-order chi connectivity index (χ0) is 19.1. The van der Waals surface area contributed by atoms with E-state index < -0.39 is 5.82 Å². The van der Waals surface area contributed by atoms with E-state index in [2.05, 4.69) is 16.4 Å². The third-order valence-corrected chi connectivity index (χ3v) is 4.76. The van der Waals surface area contributed by atoms with E-state index in [1.165, 1.54) is 23.9 Å². The van der Waals surface area contributed by atoms with Crippen molar-refractivity contribution in [3.8, 4) is 17.3 Å². The van der Waals surface area contributed by atoms with Crippen molar-refractivity contribution in [2.45, 2.75) is 11.4 Å². The van der Waals surface area contributed by atoms with Gasteiger partial charge in [-0.15, -0.1) is 11.8 Å². The Morgan fingerprint density at radius 3 is 2.56 bits per heavy atom. The minimum Gasteiger partial charge on any atom is -0.324 e. The number of pyridine rings is 1. The largest absolute Gasteiger partial charge is 0.324 e. The maximum atomic E-state index is 13.6. The van der Waals surface area contributed by atoms with Gasteiger partial charge in [0, 0.05) is 17.7 Å². The fourth-order valence-electron chi connectivity index (χ4n) is 2.42. The molecular formula is C21H16FN3OS. The Morgan fingerprint density at radius 2 is 1.81 bits per heavy atom. The fourth-order valence-corrected chi connectivity index (χ4v) is 3.33. The van der Waals surface area contributed by atoms with E-state index in [9.17, 15) is 14.4 Å². The molecule has 0 atom stereocenters. The molecule has 0 spiro atoms. The summed E-state index contributed by atoms with van der Waals surface area (Å²) in [6.07, 6.45) is 0.182. The van der Waals surface area contributed by atoms with E-state index in [0.29, 0.717) is 16.3 Å². The van der Waals surface area contributed by atoms with Gasteiger partial charge in [0.1, 0.15) is 16.9 Å². The van der Waals surface area contributed by atoms with Gasteiger partial charge < -0.3 is 5.32 Å². The molecule has 0 saturated carbocycles. The zero-order valence-electron chi connectivity index (χ0n) is 14.4. The standard InChI is InChI=1S/C21H16FN3OS/c22-17-8-4-5-9-19(17)24-20(26)12-13-27-21-16(14-23)10-11-18(25-21)15-6-2-1-3-7-15/h1-11H,12-13H2,(H,24,26). The SMILES string of the molecule is N#Cc1ccc(-c2ccccc2)nc1SCCC(=O)Nc1ccccc1F. The molecule has 0 aliphatic carbocycles. The van der Waals surface area contributed by atoms with Crippen LogP contribution in [0, 0.1) is 17.1 Å². The molecule has 0 fully saturated rings. The predicted molar refractivity (Wildman–Crippen MR) is 105 cm³/mol. The number of nitrogens with one attached hydrogen (secondary N) is 1. The monoisotopic (exact) mass is 377 g/mol. The summed E-state index contributed by atoms with van der Waals surface area (Å²) in [6.45, 7) is 0. The number of benzene rings is 2. The minimum absolute atomic E-state index is 0.161. The van der Waals surface area contributed by atoms with Crippen molar-refractivity contribution in [2.75, 3.05) is 11.1 Å². The minimum atomic E-state index is -0.470. The Hall–Kier alpha value is -3.17. The molecule has 2 aromatic carbocycles. The molecule has 0 bridgehead atoms. The summed E-state index contributed by atoms with van der Waals surface area (Å²) in [7, 11) is 0. The lowest BCUT2D eigenvalue weighted by atomic mass is 10.1. The molecule has 134 valence electrons. The number of rotatable bonds is 6. The first-order valence-electron chi connectivity index (χ1n) is 8.31. The molecule has 4 nitrogen and oxygen atoms in total. The molecule has 1 heterocycles. The number of carbonyl (C=O) groups excluding carboxylic acids is 1. The van der Waals surface area contributed by atoms with Gasteiger partial charge in [-0.25, -0.2) is 9.37 Å². The van der Waals surface area contributed by atoms with Crippen molar-refractivity contribution in [3.63, 3.8) is 0 Å². The molecule has 0 unspecified atom stereocenters. The van der Waals surface area contributed by atoms with Crippen LogP contribution in [-0.4, -0.2) is 16.6 Å². The van der Waals surface area contributed by atoms with Gasteiger partial charge in [-0.05, 0) is 24.3 Å². The number of nitriles is 1. The van der Waals surface area contributed by atoms with Gasteiger partial charge in [-0.1, -0.05) is 42.5 Å². The molecular weight excluding hydrogens is 361 g/mol. The number of hydrogen-bond acceptors (Lipinski definition) is 4. The van der Waals surface area contributed by atoms with Crippen molar-refractivity contribution in [1.82, 2.24) is 4.98 Å². The average molecular weight is 377 g/mol. The third-order valence-electron chi connectivity index (χ3n) is 3.77. The lowest BCUT2D eigenvalue weighted by Crippen LogP contribution is -2.13. The Labute approximate surface area is 161 Å². The molecule has 0 aliphatic heterocycles. The molecule has 1 aromatic heterocycles. The molecule has 6 heteroatoms. The molecule has 0 aliphatic rings. The number of nitrogens with zero attached hydrogens (tertiary/aromatic N) is 2. The maximum Gasteiger partial charge on any atom is 0.225 e. The van der Waals surface area contributed by atoms with Crippen LogP contribution in [0.25, 0.3) is 11.3 Å². The van der Waals surface area contributed by atoms with Crippen molar-refractivity contribution in [3.05, 3.63) is 78.1 Å². The number of carbonyl (C=O) groups is 1. The van der Waals surface area contributed by atoms with Crippen LogP contribution >= 0.6 is 11.8 Å². The van der Waals surface area contributed by atoms with E-state index >= 15 is 0 Å². The summed E-state index contributed by atoms with van der Waals surface area (Å²) >= 11 is 1.34. The van der Waals surface area contributed by atoms with Crippen molar-refractivity contribution in [1.29, 1.82) is 5.26 Å². The number of hydrogen-bond donors (Lipinski definition) is 1. The molecule has 1 N–H and O–H groups in total. The van der Waals surface area contributed by atoms with Crippen LogP contribution in [0.3, 0.4) is 0 Å². The number of para-hydroxylation sites is 1. The highest BCUT2D eigenvalue weighted by Gasteiger charge is 2.10. The number of aromatic nitrogens is 1. The summed E-state index contributed by atoms with van der Waals surface area (Å²) in [6, 6.07) is 21.4. The Balaban J connectivity index is 1.64. The van der Waals surface area contributed by atoms with Gasteiger partial charge in [-0.3, -0.25) is 4.79 Å². The average Bonchev–Trinajstić information content (AvgIpc) is 2.70. The number of anilines is 1. The van der Waals surface area contributed by atoms with Crippen molar-refractivity contribution >= 4 is 23.4 Å². The normalized spacial score (nSPS) is 10.2. The first kappa shape index (κ1) is 18.6. The first-order chi connectivity index (χ1) is 13.2. The molecule has 27 heavy (non-hydrogen) atoms. The number of halogens is 1. The predicted octanol–water partition coefficient (Wildman–Crippen LogP) is 4.88. The second-order valence-corrected chi connectivity index (χ2v) is 6.74. The highest BCUT2D eigenvalue weighted by Crippen LogP contribution is 2.25. The van der Waals surface area contributed by atoms with Crippen molar-refractivity contribution < 1.29 is 9.18 Å². The summed E-state index contributed by atoms with van der Waals surface area (Å²) in [5.41, 5.74) is 2.36. The highest BCUT2D eigenvalue weighted by molar-refractivity contribution is 7.99. The molecule has 3 rings (SSSR count). The van der Waals surface area contributed by atoms with E-state index in [1.54, 1.807) is 18.2 Å². The van der Waals surface area contributed by atoms with Gasteiger partial charge in [0.15, 0.2) is 0 Å². The second-order valence-electron chi connectivity index (χ2n) is 5.65. The summed E-state index contributed by atoms with van der Waals surface area (Å²) in [5.74, 6) is -0.326. The number of thioether (sulfide) groups is 1. The Bertz CT molecular complexity index is 986. The third kappa shape index (κ3) is 4.93. The van der Waals surface area contributed by atoms with E-state index in [-0.39, 0.29) is 18.0 Å². The van der Waals surface area contributed by atoms with E-state index in [1.807, 2.05) is 36.4 Å². The van der Waals surface area contributed by atoms with Gasteiger partial charge in [0.25, 0.3) is 0 Å². The molecule has 3 aromatic rings. The summed E-state index contributed by atoms with van der Waals surface area (Å²) in [4.78, 5) is 16.6. The molecule has 0 saturated heterocycles. The highest BCUT2D eigenvalue weighted by atomic mass is 32.2. The van der Waals surface area contributed by atoms with Crippen LogP contribution in [0.5, 0.6) is 0 Å². The van der Waals surface area contributed by atoms with Crippen LogP contribution in [0.4, 0.5) is 10.1 Å². The lowest BCUT2D eigenvalue weighted by molar-refractivity contribution is -0.115. The second kappa shape index (κ2) is 8.97. The van der Waals surface area contributed by atoms with Crippen molar-refractivity contribution in [2.24, 2.45) is 0 Å². The summed E-state index contributed by atoms with van der Waals surface area (Å²) in [5, 5.41) is 12.4. The maximum absolute atomic E-state index is 13.6. The van der Waals surface area contributed by atoms with E-state index in [4.69, 9.17) is 0 Å². The fraction of sp³-hybridized carbons (Fsp3) is 0.0952. The number of amides is 1. The Kier molecular flexibility index (Phi) is 6.18. The zero-order valence-corrected chi connectivity index (χ0v) is 15.2. The van der Waals surface area contributed by atoms with E-state index in [0.717, 1.165) is 11.3 Å².